The highest BCUT2D eigenvalue weighted by atomic mass is 16.5. The maximum Gasteiger partial charge on any atom is 0.0965 e. The Morgan fingerprint density at radius 2 is 2.62 bits per heavy atom. The molecule has 1 rings (SSSR count). The van der Waals surface area contributed by atoms with Gasteiger partial charge in [0, 0.05) is 19.1 Å². The van der Waals surface area contributed by atoms with Crippen molar-refractivity contribution in [2.24, 2.45) is 5.92 Å². The summed E-state index contributed by atoms with van der Waals surface area (Å²) in [5.41, 5.74) is 0. The molecule has 1 heterocycles. The molecule has 0 radical (unpaired) electrons. The summed E-state index contributed by atoms with van der Waals surface area (Å²) in [6.07, 6.45) is 0. The van der Waals surface area contributed by atoms with E-state index in [0.717, 1.165) is 6.54 Å². The minimum absolute atomic E-state index is 0.229. The molecule has 2 N–H and O–H groups in total. The first kappa shape index (κ1) is 6.01. The van der Waals surface area contributed by atoms with Crippen LogP contribution in [-0.4, -0.2) is 31.6 Å². The molecule has 1 aliphatic heterocycles. The Morgan fingerprint density at radius 1 is 1.75 bits per heavy atom. The molecule has 48 valence electrons. The van der Waals surface area contributed by atoms with Gasteiger partial charge in [-0.1, -0.05) is 0 Å². The van der Waals surface area contributed by atoms with Gasteiger partial charge in [-0.15, -0.1) is 0 Å². The zero-order valence-electron chi connectivity index (χ0n) is 4.76. The average Bonchev–Trinajstić information content (AvgIpc) is 1.90. The van der Waals surface area contributed by atoms with Gasteiger partial charge in [-0.2, -0.15) is 0 Å². The van der Waals surface area contributed by atoms with Crippen molar-refractivity contribution in [3.8, 4) is 0 Å². The van der Waals surface area contributed by atoms with Crippen LogP contribution in [-0.2, 0) is 4.74 Å². The summed E-state index contributed by atoms with van der Waals surface area (Å²) in [4.78, 5) is 0. The van der Waals surface area contributed by atoms with E-state index >= 15 is 0 Å². The molecule has 3 nitrogen and oxygen atoms in total. The van der Waals surface area contributed by atoms with Crippen LogP contribution in [0.25, 0.3) is 0 Å². The Kier molecular flexibility index (Phi) is 2.27. The van der Waals surface area contributed by atoms with Crippen LogP contribution in [0.4, 0.5) is 0 Å². The highest BCUT2D eigenvalue weighted by molar-refractivity contribution is 4.61. The normalized spacial score (nSPS) is 30.4. The van der Waals surface area contributed by atoms with Gasteiger partial charge in [0.25, 0.3) is 0 Å². The summed E-state index contributed by atoms with van der Waals surface area (Å²) in [6, 6.07) is 0. The predicted molar refractivity (Wildman–Crippen MR) is 29.4 cm³/mol. The Morgan fingerprint density at radius 3 is 3.00 bits per heavy atom. The molecular weight excluding hydrogens is 106 g/mol. The molecule has 0 aromatic carbocycles. The second-order valence-corrected chi connectivity index (χ2v) is 2.02. The molecule has 1 fully saturated rings. The first-order valence-corrected chi connectivity index (χ1v) is 2.83. The van der Waals surface area contributed by atoms with E-state index in [0.29, 0.717) is 19.3 Å². The first-order valence-electron chi connectivity index (χ1n) is 2.83. The summed E-state index contributed by atoms with van der Waals surface area (Å²) in [5.74, 6) is 0.309. The molecule has 0 amide bonds. The largest absolute Gasteiger partial charge is 0.396 e. The van der Waals surface area contributed by atoms with Gasteiger partial charge in [0.05, 0.1) is 13.3 Å². The number of rotatable bonds is 1. The third-order valence-corrected chi connectivity index (χ3v) is 1.25. The maximum absolute atomic E-state index is 8.57. The minimum atomic E-state index is 0.229. The Bertz CT molecular complexity index is 61.4. The highest BCUT2D eigenvalue weighted by Gasteiger charge is 2.10. The number of aliphatic hydroxyl groups excluding tert-OH is 1. The quantitative estimate of drug-likeness (QED) is 0.471. The van der Waals surface area contributed by atoms with Crippen molar-refractivity contribution in [1.29, 1.82) is 0 Å². The van der Waals surface area contributed by atoms with Gasteiger partial charge in [0.1, 0.15) is 0 Å². The molecule has 0 spiro atoms. The molecule has 3 heteroatoms. The van der Waals surface area contributed by atoms with E-state index in [1.54, 1.807) is 0 Å². The van der Waals surface area contributed by atoms with Gasteiger partial charge >= 0.3 is 0 Å². The number of aliphatic hydroxyl groups is 1. The van der Waals surface area contributed by atoms with Crippen LogP contribution >= 0.6 is 0 Å². The number of hydrogen-bond donors (Lipinski definition) is 2. The summed E-state index contributed by atoms with van der Waals surface area (Å²) in [6.45, 7) is 2.45. The monoisotopic (exact) mass is 117 g/mol. The lowest BCUT2D eigenvalue weighted by Gasteiger charge is -2.20. The Labute approximate surface area is 48.7 Å². The van der Waals surface area contributed by atoms with Gasteiger partial charge in [-0.05, 0) is 0 Å². The lowest BCUT2D eigenvalue weighted by molar-refractivity contribution is 0.0242. The van der Waals surface area contributed by atoms with Crippen LogP contribution in [0.3, 0.4) is 0 Å². The molecule has 0 saturated carbocycles. The van der Waals surface area contributed by atoms with Gasteiger partial charge in [0.2, 0.25) is 0 Å². The first-order chi connectivity index (χ1) is 3.93. The lowest BCUT2D eigenvalue weighted by atomic mass is 10.2. The second-order valence-electron chi connectivity index (χ2n) is 2.02. The second kappa shape index (κ2) is 3.02. The fourth-order valence-electron chi connectivity index (χ4n) is 0.737. The smallest absolute Gasteiger partial charge is 0.0965 e. The van der Waals surface area contributed by atoms with Gasteiger partial charge in [0.15, 0.2) is 0 Å². The topological polar surface area (TPSA) is 41.5 Å². The van der Waals surface area contributed by atoms with Crippen LogP contribution in [0, 0.1) is 5.92 Å². The molecule has 1 unspecified atom stereocenters. The molecule has 0 aliphatic carbocycles. The van der Waals surface area contributed by atoms with Crippen molar-refractivity contribution in [1.82, 2.24) is 5.32 Å². The molecule has 1 saturated heterocycles. The summed E-state index contributed by atoms with van der Waals surface area (Å²) >= 11 is 0. The van der Waals surface area contributed by atoms with E-state index in [-0.39, 0.29) is 6.61 Å². The summed E-state index contributed by atoms with van der Waals surface area (Å²) in [7, 11) is 0. The molecule has 0 aromatic rings. The van der Waals surface area contributed by atoms with Crippen LogP contribution < -0.4 is 5.32 Å². The van der Waals surface area contributed by atoms with E-state index in [2.05, 4.69) is 5.32 Å². The SMILES string of the molecule is OCC1CNCOC1. The fraction of sp³-hybridized carbons (Fsp3) is 1.00. The zero-order chi connectivity index (χ0) is 5.82. The van der Waals surface area contributed by atoms with E-state index < -0.39 is 0 Å². The van der Waals surface area contributed by atoms with E-state index in [4.69, 9.17) is 9.84 Å². The standard InChI is InChI=1S/C5H11NO2/c7-2-5-1-6-4-8-3-5/h5-7H,1-4H2. The van der Waals surface area contributed by atoms with Crippen LogP contribution in [0.2, 0.25) is 0 Å². The Balaban J connectivity index is 2.13. The van der Waals surface area contributed by atoms with Crippen molar-refractivity contribution >= 4 is 0 Å². The third-order valence-electron chi connectivity index (χ3n) is 1.25. The molecule has 0 aromatic heterocycles. The van der Waals surface area contributed by atoms with Crippen molar-refractivity contribution < 1.29 is 9.84 Å². The molecule has 0 bridgehead atoms. The van der Waals surface area contributed by atoms with E-state index in [1.807, 2.05) is 0 Å². The fourth-order valence-corrected chi connectivity index (χ4v) is 0.737. The predicted octanol–water partition coefficient (Wildman–Crippen LogP) is -0.828. The van der Waals surface area contributed by atoms with Crippen molar-refractivity contribution in [2.75, 3.05) is 26.5 Å². The molecule has 8 heavy (non-hydrogen) atoms. The Hall–Kier alpha value is -0.120. The van der Waals surface area contributed by atoms with Gasteiger partial charge < -0.3 is 9.84 Å². The lowest BCUT2D eigenvalue weighted by Crippen LogP contribution is -2.36. The van der Waals surface area contributed by atoms with Crippen LogP contribution in [0.15, 0.2) is 0 Å². The van der Waals surface area contributed by atoms with Crippen molar-refractivity contribution in [2.45, 2.75) is 0 Å². The van der Waals surface area contributed by atoms with Crippen LogP contribution in [0.5, 0.6) is 0 Å². The highest BCUT2D eigenvalue weighted by Crippen LogP contribution is 1.97. The number of ether oxygens (including phenoxy) is 1. The number of hydrogen-bond acceptors (Lipinski definition) is 3. The summed E-state index contributed by atoms with van der Waals surface area (Å²) < 4.78 is 5.00. The average molecular weight is 117 g/mol. The van der Waals surface area contributed by atoms with E-state index in [1.165, 1.54) is 0 Å². The third kappa shape index (κ3) is 1.43. The maximum atomic E-state index is 8.57. The van der Waals surface area contributed by atoms with Gasteiger partial charge in [-0.25, -0.2) is 0 Å². The molecular formula is C5H11NO2. The number of nitrogens with one attached hydrogen (secondary N) is 1. The molecule has 1 atom stereocenters. The molecule has 1 aliphatic rings. The minimum Gasteiger partial charge on any atom is -0.396 e. The van der Waals surface area contributed by atoms with E-state index in [9.17, 15) is 0 Å². The van der Waals surface area contributed by atoms with Gasteiger partial charge in [-0.3, -0.25) is 5.32 Å². The van der Waals surface area contributed by atoms with Crippen LogP contribution in [0.1, 0.15) is 0 Å². The van der Waals surface area contributed by atoms with Crippen molar-refractivity contribution in [3.05, 3.63) is 0 Å². The summed E-state index contributed by atoms with van der Waals surface area (Å²) in [5, 5.41) is 11.6. The van der Waals surface area contributed by atoms with Crippen molar-refractivity contribution in [3.63, 3.8) is 0 Å². The zero-order valence-corrected chi connectivity index (χ0v) is 4.76.